The number of imidazole rings is 1. The zero-order valence-electron chi connectivity index (χ0n) is 28.4. The number of anilines is 1. The number of unbranched alkanes of at least 4 members (excludes halogenated alkanes) is 15. The number of aromatic nitrogens is 5. The lowest BCUT2D eigenvalue weighted by atomic mass is 10.0. The lowest BCUT2D eigenvalue weighted by Crippen LogP contribution is -2.14. The van der Waals surface area contributed by atoms with Crippen LogP contribution in [0.15, 0.2) is 35.6 Å². The van der Waals surface area contributed by atoms with Crippen molar-refractivity contribution in [2.75, 3.05) is 38.5 Å². The first-order valence-corrected chi connectivity index (χ1v) is 19.4. The number of pyridine rings is 1. The van der Waals surface area contributed by atoms with Crippen molar-refractivity contribution >= 4 is 24.7 Å². The first kappa shape index (κ1) is 38.8. The van der Waals surface area contributed by atoms with E-state index in [0.29, 0.717) is 25.4 Å². The number of H-pyrrole nitrogens is 1. The number of nitrogens with one attached hydrogen (secondary N) is 1. The van der Waals surface area contributed by atoms with Gasteiger partial charge in [0.1, 0.15) is 6.35 Å². The Balaban J connectivity index is 1.23. The summed E-state index contributed by atoms with van der Waals surface area (Å²) in [5, 5.41) is 0. The topological polar surface area (TPSA) is 156 Å². The van der Waals surface area contributed by atoms with Crippen LogP contribution in [-0.4, -0.2) is 57.3 Å². The highest BCUT2D eigenvalue weighted by molar-refractivity contribution is 7.53. The van der Waals surface area contributed by atoms with Crippen molar-refractivity contribution in [3.05, 3.63) is 46.8 Å². The van der Waals surface area contributed by atoms with E-state index in [2.05, 4.69) is 26.9 Å². The van der Waals surface area contributed by atoms with Gasteiger partial charge in [0.05, 0.1) is 32.8 Å². The fraction of sp³-hybridized carbons (Fsp3) is 0.706. The summed E-state index contributed by atoms with van der Waals surface area (Å²) in [4.78, 5) is 26.7. The first-order valence-electron chi connectivity index (χ1n) is 17.6. The molecule has 0 saturated carbocycles. The molecule has 3 aromatic heterocycles. The molecular formula is C34H57N6O6P. The number of fused-ring (bicyclic) bond motifs is 1. The maximum Gasteiger partial charge on any atom is 0.356 e. The molecule has 0 radical (unpaired) electrons. The van der Waals surface area contributed by atoms with Gasteiger partial charge in [0, 0.05) is 25.5 Å². The molecule has 0 saturated heterocycles. The van der Waals surface area contributed by atoms with Crippen molar-refractivity contribution in [2.24, 2.45) is 0 Å². The van der Waals surface area contributed by atoms with Gasteiger partial charge in [0.15, 0.2) is 11.2 Å². The SMILES string of the molecule is CCCCCCCCCCCCCCCCCCOCCOP(=O)(COCCn1cnc2c(=O)[nH]c(N)nc21)OCc1cccnc1. The Hall–Kier alpha value is -2.63. The molecular weight excluding hydrogens is 619 g/mol. The number of nitrogens with zero attached hydrogens (tertiary/aromatic N) is 4. The van der Waals surface area contributed by atoms with Crippen LogP contribution in [-0.2, 0) is 36.2 Å². The first-order chi connectivity index (χ1) is 23.0. The number of nitrogen functional groups attached to an aromatic ring is 1. The van der Waals surface area contributed by atoms with Crippen molar-refractivity contribution in [3.8, 4) is 0 Å². The third kappa shape index (κ3) is 16.4. The summed E-state index contributed by atoms with van der Waals surface area (Å²) in [5.74, 6) is 0.00361. The molecule has 1 atom stereocenters. The molecule has 0 spiro atoms. The van der Waals surface area contributed by atoms with Gasteiger partial charge in [-0.25, -0.2) is 4.98 Å². The van der Waals surface area contributed by atoms with Crippen LogP contribution in [0.3, 0.4) is 0 Å². The van der Waals surface area contributed by atoms with Crippen molar-refractivity contribution in [1.29, 1.82) is 0 Å². The quantitative estimate of drug-likeness (QED) is 0.0550. The summed E-state index contributed by atoms with van der Waals surface area (Å²) in [7, 11) is -3.59. The van der Waals surface area contributed by atoms with Gasteiger partial charge in [-0.05, 0) is 18.1 Å². The standard InChI is InChI=1S/C34H57N6O6P/c1-2-3-4-5-6-7-8-9-10-11-12-13-14-15-16-17-22-43-24-25-45-47(42,46-27-30-19-18-20-36-26-30)29-44-23-21-40-28-37-31-32(40)38-34(35)39-33(31)41/h18-20,26,28H,2-17,21-25,27,29H2,1H3,(H3,35,38,39,41). The molecule has 13 heteroatoms. The largest absolute Gasteiger partial charge is 0.379 e. The van der Waals surface area contributed by atoms with Gasteiger partial charge in [0.25, 0.3) is 5.56 Å². The van der Waals surface area contributed by atoms with Crippen LogP contribution in [0.1, 0.15) is 115 Å². The van der Waals surface area contributed by atoms with E-state index in [-0.39, 0.29) is 37.6 Å². The molecule has 47 heavy (non-hydrogen) atoms. The van der Waals surface area contributed by atoms with Gasteiger partial charge >= 0.3 is 7.60 Å². The van der Waals surface area contributed by atoms with Crippen LogP contribution in [0.5, 0.6) is 0 Å². The Morgan fingerprint density at radius 1 is 0.830 bits per heavy atom. The number of nitrogens with two attached hydrogens (primary N) is 1. The Kier molecular flexibility index (Phi) is 19.5. The van der Waals surface area contributed by atoms with E-state index in [0.717, 1.165) is 18.4 Å². The zero-order chi connectivity index (χ0) is 33.4. The van der Waals surface area contributed by atoms with Crippen LogP contribution in [0.2, 0.25) is 0 Å². The summed E-state index contributed by atoms with van der Waals surface area (Å²) in [6, 6.07) is 3.62. The van der Waals surface area contributed by atoms with E-state index < -0.39 is 13.2 Å². The third-order valence-corrected chi connectivity index (χ3v) is 9.62. The highest BCUT2D eigenvalue weighted by Gasteiger charge is 2.25. The van der Waals surface area contributed by atoms with Crippen molar-refractivity contribution < 1.29 is 23.1 Å². The van der Waals surface area contributed by atoms with Gasteiger partial charge in [-0.2, -0.15) is 4.98 Å². The monoisotopic (exact) mass is 676 g/mol. The van der Waals surface area contributed by atoms with Crippen LogP contribution >= 0.6 is 7.60 Å². The average molecular weight is 677 g/mol. The molecule has 0 aliphatic rings. The molecule has 3 rings (SSSR count). The number of aromatic amines is 1. The predicted octanol–water partition coefficient (Wildman–Crippen LogP) is 7.78. The molecule has 3 N–H and O–H groups in total. The molecule has 1 unspecified atom stereocenters. The molecule has 0 aromatic carbocycles. The Morgan fingerprint density at radius 2 is 1.49 bits per heavy atom. The van der Waals surface area contributed by atoms with Crippen LogP contribution in [0, 0.1) is 0 Å². The van der Waals surface area contributed by atoms with E-state index in [1.54, 1.807) is 23.0 Å². The minimum Gasteiger partial charge on any atom is -0.379 e. The summed E-state index contributed by atoms with van der Waals surface area (Å²) in [6.07, 6.45) is 25.9. The fourth-order valence-electron chi connectivity index (χ4n) is 5.33. The minimum atomic E-state index is -3.59. The van der Waals surface area contributed by atoms with Gasteiger partial charge in [-0.3, -0.25) is 19.3 Å². The predicted molar refractivity (Wildman–Crippen MR) is 186 cm³/mol. The van der Waals surface area contributed by atoms with Gasteiger partial charge in [-0.15, -0.1) is 0 Å². The Bertz CT molecular complexity index is 1340. The molecule has 0 amide bonds. The molecule has 0 fully saturated rings. The van der Waals surface area contributed by atoms with Gasteiger partial charge in [0.2, 0.25) is 5.95 Å². The summed E-state index contributed by atoms with van der Waals surface area (Å²) in [6.45, 7) is 3.94. The molecule has 0 bridgehead atoms. The normalized spacial score (nSPS) is 13.0. The summed E-state index contributed by atoms with van der Waals surface area (Å²) >= 11 is 0. The molecule has 264 valence electrons. The number of rotatable bonds is 29. The van der Waals surface area contributed by atoms with Crippen LogP contribution in [0.25, 0.3) is 11.2 Å². The summed E-state index contributed by atoms with van der Waals surface area (Å²) in [5.41, 5.74) is 6.57. The lowest BCUT2D eigenvalue weighted by Gasteiger charge is -2.19. The second-order valence-electron chi connectivity index (χ2n) is 12.1. The molecule has 3 heterocycles. The molecule has 3 aromatic rings. The number of hydrogen-bond donors (Lipinski definition) is 2. The number of hydrogen-bond acceptors (Lipinski definition) is 10. The number of ether oxygens (including phenoxy) is 2. The highest BCUT2D eigenvalue weighted by atomic mass is 31.2. The van der Waals surface area contributed by atoms with E-state index in [1.165, 1.54) is 96.2 Å². The lowest BCUT2D eigenvalue weighted by molar-refractivity contribution is 0.0756. The highest BCUT2D eigenvalue weighted by Crippen LogP contribution is 2.48. The van der Waals surface area contributed by atoms with Crippen molar-refractivity contribution in [1.82, 2.24) is 24.5 Å². The van der Waals surface area contributed by atoms with Crippen molar-refractivity contribution in [2.45, 2.75) is 123 Å². The van der Waals surface area contributed by atoms with Crippen LogP contribution < -0.4 is 11.3 Å². The van der Waals surface area contributed by atoms with E-state index >= 15 is 0 Å². The van der Waals surface area contributed by atoms with Gasteiger partial charge < -0.3 is 28.8 Å². The Morgan fingerprint density at radius 3 is 2.13 bits per heavy atom. The second kappa shape index (κ2) is 23.7. The molecule has 12 nitrogen and oxygen atoms in total. The minimum absolute atomic E-state index is 0.00361. The van der Waals surface area contributed by atoms with E-state index in [1.807, 2.05) is 6.07 Å². The summed E-state index contributed by atoms with van der Waals surface area (Å²) < 4.78 is 38.0. The molecule has 0 aliphatic carbocycles. The van der Waals surface area contributed by atoms with Crippen LogP contribution in [0.4, 0.5) is 5.95 Å². The zero-order valence-corrected chi connectivity index (χ0v) is 29.3. The second-order valence-corrected chi connectivity index (χ2v) is 14.1. The van der Waals surface area contributed by atoms with Crippen molar-refractivity contribution in [3.63, 3.8) is 0 Å². The average Bonchev–Trinajstić information content (AvgIpc) is 3.48. The maximum absolute atomic E-state index is 13.5. The van der Waals surface area contributed by atoms with E-state index in [9.17, 15) is 9.36 Å². The maximum atomic E-state index is 13.5. The molecule has 0 aliphatic heterocycles. The Labute approximate surface area is 280 Å². The smallest absolute Gasteiger partial charge is 0.356 e. The van der Waals surface area contributed by atoms with E-state index in [4.69, 9.17) is 24.3 Å². The van der Waals surface area contributed by atoms with Gasteiger partial charge in [-0.1, -0.05) is 109 Å². The third-order valence-electron chi connectivity index (χ3n) is 8.03. The fourth-order valence-corrected chi connectivity index (χ4v) is 6.61.